The van der Waals surface area contributed by atoms with Crippen molar-refractivity contribution < 1.29 is 22.3 Å². The summed E-state index contributed by atoms with van der Waals surface area (Å²) in [7, 11) is -3.60. The maximum absolute atomic E-state index is 13.2. The van der Waals surface area contributed by atoms with Crippen LogP contribution in [0.15, 0.2) is 57.8 Å². The lowest BCUT2D eigenvalue weighted by Gasteiger charge is -2.30. The first-order valence-corrected chi connectivity index (χ1v) is 11.7. The number of benzene rings is 2. The predicted octanol–water partition coefficient (Wildman–Crippen LogP) is 3.81. The van der Waals surface area contributed by atoms with Crippen molar-refractivity contribution in [3.8, 4) is 5.75 Å². The topological polar surface area (TPSA) is 81.9 Å². The predicted molar refractivity (Wildman–Crippen MR) is 113 cm³/mol. The smallest absolute Gasteiger partial charge is 0.243 e. The molecule has 7 nitrogen and oxygen atoms in total. The molecule has 2 aromatic carbocycles. The highest BCUT2D eigenvalue weighted by Gasteiger charge is 2.33. The van der Waals surface area contributed by atoms with E-state index in [0.29, 0.717) is 44.6 Å². The molecule has 0 N–H and O–H groups in total. The number of rotatable bonds is 8. The van der Waals surface area contributed by atoms with Crippen LogP contribution in [0.3, 0.4) is 0 Å². The number of fused-ring (bicyclic) bond motifs is 1. The molecule has 0 saturated carbocycles. The van der Waals surface area contributed by atoms with Gasteiger partial charge in [0.25, 0.3) is 0 Å². The van der Waals surface area contributed by atoms with Crippen LogP contribution in [0.4, 0.5) is 0 Å². The quantitative estimate of drug-likeness (QED) is 0.506. The molecule has 30 heavy (non-hydrogen) atoms. The molecule has 8 heteroatoms. The van der Waals surface area contributed by atoms with Crippen molar-refractivity contribution in [3.05, 3.63) is 54.4 Å². The van der Waals surface area contributed by atoms with Gasteiger partial charge in [-0.25, -0.2) is 13.4 Å². The number of sulfonamides is 1. The van der Waals surface area contributed by atoms with Crippen LogP contribution >= 0.6 is 0 Å². The second-order valence-electron chi connectivity index (χ2n) is 7.24. The first-order valence-electron chi connectivity index (χ1n) is 10.2. The van der Waals surface area contributed by atoms with Crippen molar-refractivity contribution in [1.82, 2.24) is 9.29 Å². The molecule has 0 radical (unpaired) electrons. The lowest BCUT2D eigenvalue weighted by atomic mass is 10.00. The Morgan fingerprint density at radius 1 is 1.13 bits per heavy atom. The van der Waals surface area contributed by atoms with Gasteiger partial charge in [-0.05, 0) is 56.2 Å². The van der Waals surface area contributed by atoms with E-state index in [9.17, 15) is 8.42 Å². The molecule has 0 amide bonds. The molecule has 1 atom stereocenters. The summed E-state index contributed by atoms with van der Waals surface area (Å²) in [5.74, 6) is 1.17. The van der Waals surface area contributed by atoms with E-state index < -0.39 is 10.0 Å². The molecule has 3 aromatic rings. The number of oxazole rings is 1. The molecule has 1 unspecified atom stereocenters. The second-order valence-corrected chi connectivity index (χ2v) is 9.18. The number of ether oxygens (including phenoxy) is 2. The molecule has 2 heterocycles. The molecule has 0 aliphatic carbocycles. The van der Waals surface area contributed by atoms with E-state index in [1.807, 2.05) is 31.2 Å². The minimum absolute atomic E-state index is 0.0536. The zero-order chi connectivity index (χ0) is 21.0. The highest BCUT2D eigenvalue weighted by Crippen LogP contribution is 2.32. The highest BCUT2D eigenvalue weighted by atomic mass is 32.2. The van der Waals surface area contributed by atoms with Gasteiger partial charge in [0.1, 0.15) is 17.9 Å². The van der Waals surface area contributed by atoms with Crippen LogP contribution in [-0.2, 0) is 14.8 Å². The Morgan fingerprint density at radius 2 is 1.93 bits per heavy atom. The Morgan fingerprint density at radius 3 is 2.70 bits per heavy atom. The third kappa shape index (κ3) is 4.50. The van der Waals surface area contributed by atoms with E-state index in [1.54, 1.807) is 24.3 Å². The van der Waals surface area contributed by atoms with Crippen molar-refractivity contribution in [2.75, 3.05) is 32.9 Å². The average Bonchev–Trinajstić information content (AvgIpc) is 3.22. The maximum Gasteiger partial charge on any atom is 0.243 e. The molecule has 1 fully saturated rings. The minimum atomic E-state index is -3.60. The molecule has 0 bridgehead atoms. The molecule has 1 saturated heterocycles. The third-order valence-electron chi connectivity index (χ3n) is 5.21. The fourth-order valence-electron chi connectivity index (χ4n) is 3.65. The first kappa shape index (κ1) is 20.8. The number of aromatic nitrogens is 1. The summed E-state index contributed by atoms with van der Waals surface area (Å²) in [4.78, 5) is 4.83. The monoisotopic (exact) mass is 430 g/mol. The number of hydrogen-bond donors (Lipinski definition) is 0. The van der Waals surface area contributed by atoms with Gasteiger partial charge in [0.2, 0.25) is 10.0 Å². The molecule has 4 rings (SSSR count). The van der Waals surface area contributed by atoms with Crippen molar-refractivity contribution in [3.63, 3.8) is 0 Å². The van der Waals surface area contributed by atoms with E-state index in [0.717, 1.165) is 23.9 Å². The molecular weight excluding hydrogens is 404 g/mol. The highest BCUT2D eigenvalue weighted by molar-refractivity contribution is 7.89. The normalized spacial score (nSPS) is 18.0. The molecular formula is C22H26N2O5S. The zero-order valence-corrected chi connectivity index (χ0v) is 17.8. The Bertz CT molecular complexity index is 1050. The van der Waals surface area contributed by atoms with Gasteiger partial charge in [-0.2, -0.15) is 4.31 Å². The van der Waals surface area contributed by atoms with E-state index in [2.05, 4.69) is 4.98 Å². The Balaban J connectivity index is 1.45. The van der Waals surface area contributed by atoms with Crippen LogP contribution in [0, 0.1) is 0 Å². The van der Waals surface area contributed by atoms with E-state index in [-0.39, 0.29) is 10.8 Å². The summed E-state index contributed by atoms with van der Waals surface area (Å²) < 4.78 is 44.5. The van der Waals surface area contributed by atoms with Crippen LogP contribution in [-0.4, -0.2) is 50.6 Å². The van der Waals surface area contributed by atoms with Gasteiger partial charge in [0.15, 0.2) is 11.5 Å². The maximum atomic E-state index is 13.2. The van der Waals surface area contributed by atoms with Crippen LogP contribution in [0.25, 0.3) is 11.1 Å². The number of para-hydroxylation sites is 2. The Hall–Kier alpha value is -2.42. The third-order valence-corrected chi connectivity index (χ3v) is 7.09. The minimum Gasteiger partial charge on any atom is -0.491 e. The SMILES string of the molecule is CCOCCOc1ccc(S(=O)(=O)N2CCCC(c3nc4ccccc4o3)C2)cc1. The van der Waals surface area contributed by atoms with E-state index >= 15 is 0 Å². The van der Waals surface area contributed by atoms with Crippen molar-refractivity contribution in [2.45, 2.75) is 30.6 Å². The van der Waals surface area contributed by atoms with Gasteiger partial charge in [-0.15, -0.1) is 0 Å². The van der Waals surface area contributed by atoms with Crippen LogP contribution in [0.2, 0.25) is 0 Å². The summed E-state index contributed by atoms with van der Waals surface area (Å²) in [5, 5.41) is 0. The molecule has 0 spiro atoms. The zero-order valence-electron chi connectivity index (χ0n) is 17.0. The number of nitrogens with zero attached hydrogens (tertiary/aromatic N) is 2. The Labute approximate surface area is 176 Å². The number of piperidine rings is 1. The summed E-state index contributed by atoms with van der Waals surface area (Å²) in [6.07, 6.45) is 1.62. The van der Waals surface area contributed by atoms with Gasteiger partial charge < -0.3 is 13.9 Å². The summed E-state index contributed by atoms with van der Waals surface area (Å²) in [6.45, 7) is 4.35. The van der Waals surface area contributed by atoms with Gasteiger partial charge in [-0.3, -0.25) is 0 Å². The van der Waals surface area contributed by atoms with Gasteiger partial charge in [-0.1, -0.05) is 12.1 Å². The molecule has 1 aliphatic heterocycles. The van der Waals surface area contributed by atoms with Crippen LogP contribution in [0.1, 0.15) is 31.6 Å². The van der Waals surface area contributed by atoms with Crippen molar-refractivity contribution in [2.24, 2.45) is 0 Å². The van der Waals surface area contributed by atoms with Gasteiger partial charge in [0, 0.05) is 25.6 Å². The standard InChI is InChI=1S/C22H26N2O5S/c1-2-27-14-15-28-18-9-11-19(12-10-18)30(25,26)24-13-5-6-17(16-24)22-23-20-7-3-4-8-21(20)29-22/h3-4,7-12,17H,2,5-6,13-16H2,1H3. The summed E-state index contributed by atoms with van der Waals surface area (Å²) >= 11 is 0. The van der Waals surface area contributed by atoms with Crippen LogP contribution in [0.5, 0.6) is 5.75 Å². The fourth-order valence-corrected chi connectivity index (χ4v) is 5.17. The molecule has 160 valence electrons. The Kier molecular flexibility index (Phi) is 6.36. The molecule has 1 aliphatic rings. The van der Waals surface area contributed by atoms with E-state index in [1.165, 1.54) is 4.31 Å². The summed E-state index contributed by atoms with van der Waals surface area (Å²) in [6, 6.07) is 14.1. The lowest BCUT2D eigenvalue weighted by molar-refractivity contribution is 0.110. The van der Waals surface area contributed by atoms with Crippen LogP contribution < -0.4 is 4.74 Å². The van der Waals surface area contributed by atoms with Crippen molar-refractivity contribution in [1.29, 1.82) is 0 Å². The first-order chi connectivity index (χ1) is 14.6. The largest absolute Gasteiger partial charge is 0.491 e. The van der Waals surface area contributed by atoms with Gasteiger partial charge in [0.05, 0.1) is 11.5 Å². The van der Waals surface area contributed by atoms with Gasteiger partial charge >= 0.3 is 0 Å². The summed E-state index contributed by atoms with van der Waals surface area (Å²) in [5.41, 5.74) is 1.53. The average molecular weight is 431 g/mol. The number of hydrogen-bond acceptors (Lipinski definition) is 6. The fraction of sp³-hybridized carbons (Fsp3) is 0.409. The van der Waals surface area contributed by atoms with Crippen molar-refractivity contribution >= 4 is 21.1 Å². The second kappa shape index (κ2) is 9.16. The lowest BCUT2D eigenvalue weighted by Crippen LogP contribution is -2.39. The molecule has 1 aromatic heterocycles. The van der Waals surface area contributed by atoms with E-state index in [4.69, 9.17) is 13.9 Å².